The number of halogens is 2. The van der Waals surface area contributed by atoms with Crippen LogP contribution in [0, 0.1) is 0 Å². The maximum atomic E-state index is 10.0. The van der Waals surface area contributed by atoms with Gasteiger partial charge in [-0.3, -0.25) is 11.7 Å². The Morgan fingerprint density at radius 2 is 0.969 bits per heavy atom. The third-order valence-corrected chi connectivity index (χ3v) is 4.53. The number of carboxylic acid groups (broad SMARTS) is 2. The van der Waals surface area contributed by atoms with Gasteiger partial charge in [-0.25, -0.2) is 0 Å². The second-order valence-electron chi connectivity index (χ2n) is 6.64. The lowest BCUT2D eigenvalue weighted by atomic mass is 10.2. The van der Waals surface area contributed by atoms with Crippen molar-refractivity contribution >= 4 is 47.3 Å². The van der Waals surface area contributed by atoms with Crippen LogP contribution >= 0.6 is 23.2 Å². The number of benzene rings is 2. The smallest absolute Gasteiger partial charge is 0.0652 e. The highest BCUT2D eigenvalue weighted by molar-refractivity contribution is 6.30. The molecule has 172 valence electrons. The number of hydrogen-bond donors (Lipinski definition) is 2. The third-order valence-electron chi connectivity index (χ3n) is 4.03. The van der Waals surface area contributed by atoms with Gasteiger partial charge in [0, 0.05) is 10.0 Å². The van der Waals surface area contributed by atoms with E-state index in [0.29, 0.717) is 10.0 Å². The Morgan fingerprint density at radius 3 is 1.22 bits per heavy atom. The lowest BCUT2D eigenvalue weighted by Crippen LogP contribution is -2.78. The van der Waals surface area contributed by atoms with Gasteiger partial charge in [0.05, 0.1) is 38.1 Å². The van der Waals surface area contributed by atoms with E-state index in [-0.39, 0.29) is 0 Å². The first kappa shape index (κ1) is 27.3. The van der Waals surface area contributed by atoms with Crippen LogP contribution in [0.25, 0.3) is 12.2 Å². The topological polar surface area (TPSA) is 142 Å². The monoisotopic (exact) mass is 480 g/mol. The van der Waals surface area contributed by atoms with Gasteiger partial charge in [-0.2, -0.15) is 10.0 Å². The number of quaternary nitrogens is 2. The Kier molecular flexibility index (Phi) is 12.9. The maximum absolute atomic E-state index is 10.0. The van der Waals surface area contributed by atoms with E-state index >= 15 is 0 Å². The number of carbonyl (C=O) groups excluding carboxylic acids is 2. The summed E-state index contributed by atoms with van der Waals surface area (Å²) in [5, 5.41) is 25.4. The van der Waals surface area contributed by atoms with Crippen LogP contribution in [0.15, 0.2) is 60.7 Å². The number of piperazine rings is 1. The second-order valence-corrected chi connectivity index (χ2v) is 7.52. The summed E-state index contributed by atoms with van der Waals surface area (Å²) in [5.74, 6) is 5.21. The fourth-order valence-corrected chi connectivity index (χ4v) is 2.52. The van der Waals surface area contributed by atoms with Gasteiger partial charge in [0.25, 0.3) is 0 Å². The van der Waals surface area contributed by atoms with Gasteiger partial charge in [-0.05, 0) is 47.5 Å². The van der Waals surface area contributed by atoms with Gasteiger partial charge >= 0.3 is 0 Å². The zero-order valence-electron chi connectivity index (χ0n) is 17.5. The van der Waals surface area contributed by atoms with E-state index < -0.39 is 11.9 Å². The van der Waals surface area contributed by atoms with Crippen LogP contribution in [0.4, 0.5) is 0 Å². The van der Waals surface area contributed by atoms with Crippen molar-refractivity contribution in [1.82, 2.24) is 10.0 Å². The quantitative estimate of drug-likeness (QED) is 0.544. The molecule has 0 spiro atoms. The average Bonchev–Trinajstić information content (AvgIpc) is 2.76. The molecule has 0 radical (unpaired) electrons. The molecule has 0 aliphatic carbocycles. The number of nitrogens with zero attached hydrogens (tertiary/aromatic N) is 2. The van der Waals surface area contributed by atoms with Crippen molar-refractivity contribution < 1.29 is 31.5 Å². The van der Waals surface area contributed by atoms with Crippen LogP contribution in [0.1, 0.15) is 11.1 Å². The molecule has 1 saturated heterocycles. The molecule has 3 rings (SSSR count). The van der Waals surface area contributed by atoms with Crippen molar-refractivity contribution in [3.05, 3.63) is 81.9 Å². The molecule has 1 aliphatic heterocycles. The highest BCUT2D eigenvalue weighted by Crippen LogP contribution is 2.11. The molecule has 0 bridgehead atoms. The molecule has 0 aromatic heterocycles. The van der Waals surface area contributed by atoms with Crippen molar-refractivity contribution in [3.8, 4) is 0 Å². The largest absolute Gasteiger partial charge is 0.545 e. The number of rotatable bonds is 4. The van der Waals surface area contributed by atoms with E-state index in [2.05, 4.69) is 21.7 Å². The molecule has 6 N–H and O–H groups in total. The van der Waals surface area contributed by atoms with Crippen LogP contribution in [-0.4, -0.2) is 48.1 Å². The van der Waals surface area contributed by atoms with Crippen LogP contribution in [0.2, 0.25) is 10.0 Å². The van der Waals surface area contributed by atoms with E-state index in [0.717, 1.165) is 49.5 Å². The number of carbonyl (C=O) groups is 2. The van der Waals surface area contributed by atoms with Crippen LogP contribution in [-0.2, 0) is 9.59 Å². The Labute approximate surface area is 196 Å². The van der Waals surface area contributed by atoms with Gasteiger partial charge in [0.1, 0.15) is 0 Å². The minimum atomic E-state index is -1.20. The Morgan fingerprint density at radius 1 is 0.688 bits per heavy atom. The van der Waals surface area contributed by atoms with E-state index in [1.807, 2.05) is 0 Å². The lowest BCUT2D eigenvalue weighted by Gasteiger charge is -2.22. The standard InChI is InChI=1S/2C9H7ClO2.C4H12N4/c2*10-8-4-1-7(2-5-8)3-6-9(11)12;5-7-1-2-8(6)4-3-7/h2*1-6H,(H,11,12);1-6H2/b2*6-3+;. The molecule has 0 unspecified atom stereocenters. The Hall–Kier alpha value is -2.72. The molecule has 2 aromatic rings. The van der Waals surface area contributed by atoms with Crippen molar-refractivity contribution in [2.45, 2.75) is 0 Å². The minimum Gasteiger partial charge on any atom is -0.545 e. The molecule has 8 nitrogen and oxygen atoms in total. The highest BCUT2D eigenvalue weighted by Gasteiger charge is 2.14. The molecule has 1 aliphatic rings. The molecule has 0 saturated carbocycles. The number of aliphatic carboxylic acids is 2. The normalized spacial score (nSPS) is 14.4. The predicted octanol–water partition coefficient (Wildman–Crippen LogP) is -0.876. The van der Waals surface area contributed by atoms with Gasteiger partial charge in [-0.1, -0.05) is 59.6 Å². The summed E-state index contributed by atoms with van der Waals surface area (Å²) in [7, 11) is 0. The van der Waals surface area contributed by atoms with Crippen LogP contribution in [0.3, 0.4) is 0 Å². The van der Waals surface area contributed by atoms with E-state index in [1.54, 1.807) is 48.5 Å². The molecule has 0 amide bonds. The summed E-state index contributed by atoms with van der Waals surface area (Å²) >= 11 is 11.2. The summed E-state index contributed by atoms with van der Waals surface area (Å²) in [4.78, 5) is 20.0. The van der Waals surface area contributed by atoms with E-state index in [4.69, 9.17) is 23.2 Å². The zero-order valence-corrected chi connectivity index (χ0v) is 19.0. The molecule has 1 fully saturated rings. The molecule has 1 heterocycles. The van der Waals surface area contributed by atoms with Gasteiger partial charge in [0.15, 0.2) is 0 Å². The van der Waals surface area contributed by atoms with E-state index in [1.165, 1.54) is 12.2 Å². The maximum Gasteiger partial charge on any atom is 0.0652 e. The number of hydrogen-bond acceptors (Lipinski definition) is 6. The van der Waals surface area contributed by atoms with Crippen LogP contribution < -0.4 is 21.9 Å². The third kappa shape index (κ3) is 13.6. The van der Waals surface area contributed by atoms with Crippen molar-refractivity contribution in [3.63, 3.8) is 0 Å². The van der Waals surface area contributed by atoms with Gasteiger partial charge in [0.2, 0.25) is 0 Å². The fourth-order valence-electron chi connectivity index (χ4n) is 2.27. The minimum absolute atomic E-state index is 0.626. The second kappa shape index (κ2) is 15.1. The van der Waals surface area contributed by atoms with Gasteiger partial charge in [-0.15, -0.1) is 0 Å². The first-order valence-electron chi connectivity index (χ1n) is 9.56. The first-order valence-corrected chi connectivity index (χ1v) is 10.3. The molecule has 0 atom stereocenters. The summed E-state index contributed by atoms with van der Waals surface area (Å²) < 4.78 is 0. The predicted molar refractivity (Wildman–Crippen MR) is 120 cm³/mol. The average molecular weight is 481 g/mol. The zero-order chi connectivity index (χ0) is 23.9. The molecular weight excluding hydrogens is 455 g/mol. The summed E-state index contributed by atoms with van der Waals surface area (Å²) in [6.07, 6.45) is 4.85. The molecular formula is C22H26Cl2N4O4. The summed E-state index contributed by atoms with van der Waals surface area (Å²) in [5.41, 5.74) is 1.56. The molecule has 10 heteroatoms. The first-order chi connectivity index (χ1) is 15.2. The fraction of sp³-hybridized carbons (Fsp3) is 0.182. The lowest BCUT2D eigenvalue weighted by molar-refractivity contribution is -0.619. The molecule has 2 aromatic carbocycles. The SMILES string of the molecule is O=C([O-])/C=C/c1ccc(Cl)cc1.O=C([O-])/C=C/c1ccc(Cl)cc1.[NH3+]N1CCN([NH3+])CC1. The molecule has 32 heavy (non-hydrogen) atoms. The highest BCUT2D eigenvalue weighted by atomic mass is 35.5. The van der Waals surface area contributed by atoms with Gasteiger partial charge < -0.3 is 19.8 Å². The number of carboxylic acids is 2. The Bertz CT molecular complexity index is 820. The van der Waals surface area contributed by atoms with Crippen molar-refractivity contribution in [2.75, 3.05) is 26.2 Å². The summed E-state index contributed by atoms with van der Waals surface area (Å²) in [6.45, 7) is 4.24. The van der Waals surface area contributed by atoms with Crippen molar-refractivity contribution in [1.29, 1.82) is 0 Å². The van der Waals surface area contributed by atoms with E-state index in [9.17, 15) is 19.8 Å². The van der Waals surface area contributed by atoms with Crippen LogP contribution in [0.5, 0.6) is 0 Å². The summed E-state index contributed by atoms with van der Waals surface area (Å²) in [6, 6.07) is 13.7. The Balaban J connectivity index is 0.000000245. The van der Waals surface area contributed by atoms with Crippen molar-refractivity contribution in [2.24, 2.45) is 0 Å².